The van der Waals surface area contributed by atoms with Gasteiger partial charge in [-0.1, -0.05) is 19.1 Å². The first-order chi connectivity index (χ1) is 7.79. The number of rotatable bonds is 1. The molecular formula is C13H15BrN2. The predicted octanol–water partition coefficient (Wildman–Crippen LogP) is 3.31. The highest BCUT2D eigenvalue weighted by Gasteiger charge is 2.19. The summed E-state index contributed by atoms with van der Waals surface area (Å²) in [6, 6.07) is 6.43. The zero-order valence-corrected chi connectivity index (χ0v) is 11.0. The van der Waals surface area contributed by atoms with Crippen LogP contribution >= 0.6 is 15.9 Å². The molecule has 2 heterocycles. The SMILES string of the molecule is CCN1CCc2[nH]c3c(Br)cccc3c2C1. The van der Waals surface area contributed by atoms with Gasteiger partial charge in [0.15, 0.2) is 0 Å². The van der Waals surface area contributed by atoms with Gasteiger partial charge in [0.25, 0.3) is 0 Å². The van der Waals surface area contributed by atoms with Gasteiger partial charge in [-0.3, -0.25) is 4.90 Å². The van der Waals surface area contributed by atoms with Crippen LogP contribution in [-0.2, 0) is 13.0 Å². The second-order valence-corrected chi connectivity index (χ2v) is 5.22. The molecular weight excluding hydrogens is 264 g/mol. The number of aromatic nitrogens is 1. The molecule has 1 N–H and O–H groups in total. The number of nitrogens with zero attached hydrogens (tertiary/aromatic N) is 1. The molecule has 0 saturated heterocycles. The number of nitrogens with one attached hydrogen (secondary N) is 1. The third-order valence-electron chi connectivity index (χ3n) is 3.49. The first kappa shape index (κ1) is 10.4. The number of aromatic amines is 1. The van der Waals surface area contributed by atoms with Gasteiger partial charge in [-0.05, 0) is 34.1 Å². The normalized spacial score (nSPS) is 16.6. The van der Waals surface area contributed by atoms with Crippen molar-refractivity contribution in [3.05, 3.63) is 33.9 Å². The summed E-state index contributed by atoms with van der Waals surface area (Å²) in [4.78, 5) is 6.05. The summed E-state index contributed by atoms with van der Waals surface area (Å²) in [7, 11) is 0. The quantitative estimate of drug-likeness (QED) is 0.848. The Morgan fingerprint density at radius 3 is 3.12 bits per heavy atom. The summed E-state index contributed by atoms with van der Waals surface area (Å²) in [5, 5.41) is 1.38. The molecule has 1 aliphatic heterocycles. The van der Waals surface area contributed by atoms with Crippen molar-refractivity contribution in [2.24, 2.45) is 0 Å². The first-order valence-electron chi connectivity index (χ1n) is 5.80. The highest BCUT2D eigenvalue weighted by molar-refractivity contribution is 9.10. The number of para-hydroxylation sites is 1. The van der Waals surface area contributed by atoms with Crippen LogP contribution in [0.2, 0.25) is 0 Å². The van der Waals surface area contributed by atoms with Gasteiger partial charge in [0.05, 0.1) is 5.52 Å². The second-order valence-electron chi connectivity index (χ2n) is 4.36. The molecule has 0 radical (unpaired) electrons. The minimum atomic E-state index is 1.09. The van der Waals surface area contributed by atoms with Crippen LogP contribution in [0.15, 0.2) is 22.7 Å². The van der Waals surface area contributed by atoms with Crippen LogP contribution in [0, 0.1) is 0 Å². The Bertz CT molecular complexity index is 530. The smallest absolute Gasteiger partial charge is 0.0603 e. The molecule has 0 bridgehead atoms. The summed E-state index contributed by atoms with van der Waals surface area (Å²) in [5.74, 6) is 0. The van der Waals surface area contributed by atoms with Crippen molar-refractivity contribution in [2.45, 2.75) is 19.9 Å². The van der Waals surface area contributed by atoms with E-state index in [1.807, 2.05) is 0 Å². The molecule has 0 unspecified atom stereocenters. The number of hydrogen-bond acceptors (Lipinski definition) is 1. The van der Waals surface area contributed by atoms with Gasteiger partial charge in [0.1, 0.15) is 0 Å². The summed E-state index contributed by atoms with van der Waals surface area (Å²) in [6.45, 7) is 5.63. The van der Waals surface area contributed by atoms with E-state index in [2.05, 4.69) is 50.9 Å². The van der Waals surface area contributed by atoms with Crippen molar-refractivity contribution in [1.82, 2.24) is 9.88 Å². The van der Waals surface area contributed by atoms with E-state index in [1.165, 1.54) is 33.2 Å². The van der Waals surface area contributed by atoms with Crippen LogP contribution in [0.3, 0.4) is 0 Å². The van der Waals surface area contributed by atoms with Crippen LogP contribution in [0.25, 0.3) is 10.9 Å². The Hall–Kier alpha value is -0.800. The first-order valence-corrected chi connectivity index (χ1v) is 6.59. The zero-order valence-electron chi connectivity index (χ0n) is 9.39. The second kappa shape index (κ2) is 3.90. The van der Waals surface area contributed by atoms with E-state index in [0.29, 0.717) is 0 Å². The average Bonchev–Trinajstić information content (AvgIpc) is 2.68. The van der Waals surface area contributed by atoms with Crippen molar-refractivity contribution < 1.29 is 0 Å². The van der Waals surface area contributed by atoms with Gasteiger partial charge in [0, 0.05) is 35.1 Å². The van der Waals surface area contributed by atoms with Gasteiger partial charge in [0.2, 0.25) is 0 Å². The fourth-order valence-electron chi connectivity index (χ4n) is 2.53. The number of halogens is 1. The minimum absolute atomic E-state index is 1.09. The number of hydrogen-bond donors (Lipinski definition) is 1. The molecule has 0 saturated carbocycles. The van der Waals surface area contributed by atoms with Gasteiger partial charge in [-0.15, -0.1) is 0 Å². The molecule has 0 amide bonds. The van der Waals surface area contributed by atoms with Crippen molar-refractivity contribution in [1.29, 1.82) is 0 Å². The fourth-order valence-corrected chi connectivity index (χ4v) is 2.99. The van der Waals surface area contributed by atoms with Crippen molar-refractivity contribution in [3.63, 3.8) is 0 Å². The maximum absolute atomic E-state index is 3.61. The van der Waals surface area contributed by atoms with Crippen LogP contribution < -0.4 is 0 Å². The van der Waals surface area contributed by atoms with E-state index in [0.717, 1.165) is 19.5 Å². The molecule has 2 nitrogen and oxygen atoms in total. The molecule has 0 spiro atoms. The van der Waals surface area contributed by atoms with E-state index < -0.39 is 0 Å². The topological polar surface area (TPSA) is 19.0 Å². The number of fused-ring (bicyclic) bond motifs is 3. The van der Waals surface area contributed by atoms with Crippen LogP contribution in [0.5, 0.6) is 0 Å². The average molecular weight is 279 g/mol. The third-order valence-corrected chi connectivity index (χ3v) is 4.15. The largest absolute Gasteiger partial charge is 0.357 e. The van der Waals surface area contributed by atoms with E-state index in [-0.39, 0.29) is 0 Å². The Kier molecular flexibility index (Phi) is 2.52. The van der Waals surface area contributed by atoms with Gasteiger partial charge < -0.3 is 4.98 Å². The minimum Gasteiger partial charge on any atom is -0.357 e. The lowest BCUT2D eigenvalue weighted by atomic mass is 10.0. The number of likely N-dealkylation sites (N-methyl/N-ethyl adjacent to an activating group) is 1. The molecule has 16 heavy (non-hydrogen) atoms. The molecule has 0 fully saturated rings. The summed E-state index contributed by atoms with van der Waals surface area (Å²) in [6.07, 6.45) is 1.14. The zero-order chi connectivity index (χ0) is 11.1. The monoisotopic (exact) mass is 278 g/mol. The molecule has 3 rings (SSSR count). The van der Waals surface area contributed by atoms with E-state index in [1.54, 1.807) is 0 Å². The lowest BCUT2D eigenvalue weighted by Crippen LogP contribution is -2.29. The van der Waals surface area contributed by atoms with Gasteiger partial charge >= 0.3 is 0 Å². The highest BCUT2D eigenvalue weighted by atomic mass is 79.9. The van der Waals surface area contributed by atoms with Gasteiger partial charge in [-0.2, -0.15) is 0 Å². The van der Waals surface area contributed by atoms with Crippen molar-refractivity contribution in [2.75, 3.05) is 13.1 Å². The Morgan fingerprint density at radius 2 is 2.31 bits per heavy atom. The summed E-state index contributed by atoms with van der Waals surface area (Å²) < 4.78 is 1.17. The Labute approximate surface area is 104 Å². The standard InChI is InChI=1S/C13H15BrN2/c1-2-16-7-6-12-10(8-16)9-4-3-5-11(14)13(9)15-12/h3-5,15H,2,6-8H2,1H3. The molecule has 3 heteroatoms. The fraction of sp³-hybridized carbons (Fsp3) is 0.385. The molecule has 84 valence electrons. The Balaban J connectivity index is 2.18. The van der Waals surface area contributed by atoms with Crippen LogP contribution in [0.1, 0.15) is 18.2 Å². The van der Waals surface area contributed by atoms with Gasteiger partial charge in [-0.25, -0.2) is 0 Å². The lowest BCUT2D eigenvalue weighted by Gasteiger charge is -2.25. The van der Waals surface area contributed by atoms with Crippen LogP contribution in [-0.4, -0.2) is 23.0 Å². The van der Waals surface area contributed by atoms with Crippen LogP contribution in [0.4, 0.5) is 0 Å². The maximum Gasteiger partial charge on any atom is 0.0603 e. The molecule has 1 aliphatic rings. The molecule has 0 aliphatic carbocycles. The third kappa shape index (κ3) is 1.50. The maximum atomic E-state index is 3.61. The lowest BCUT2D eigenvalue weighted by molar-refractivity contribution is 0.268. The molecule has 1 aromatic carbocycles. The molecule has 1 aromatic heterocycles. The van der Waals surface area contributed by atoms with E-state index >= 15 is 0 Å². The summed E-state index contributed by atoms with van der Waals surface area (Å²) in [5.41, 5.74) is 4.17. The number of H-pyrrole nitrogens is 1. The summed E-state index contributed by atoms with van der Waals surface area (Å²) >= 11 is 3.61. The highest BCUT2D eigenvalue weighted by Crippen LogP contribution is 2.31. The van der Waals surface area contributed by atoms with Crippen molar-refractivity contribution in [3.8, 4) is 0 Å². The molecule has 0 atom stereocenters. The van der Waals surface area contributed by atoms with E-state index in [4.69, 9.17) is 0 Å². The Morgan fingerprint density at radius 1 is 1.44 bits per heavy atom. The van der Waals surface area contributed by atoms with E-state index in [9.17, 15) is 0 Å². The van der Waals surface area contributed by atoms with Crippen molar-refractivity contribution >= 4 is 26.8 Å². The number of benzene rings is 1. The predicted molar refractivity (Wildman–Crippen MR) is 70.7 cm³/mol. The molecule has 2 aromatic rings.